The zero-order valence-corrected chi connectivity index (χ0v) is 27.8. The first-order chi connectivity index (χ1) is 22.8. The molecule has 2 aliphatic heterocycles. The molecule has 0 spiro atoms. The number of likely N-dealkylation sites (tertiary alicyclic amines) is 1. The number of nitrogens with one attached hydrogen (secondary N) is 3. The molecule has 0 saturated carbocycles. The van der Waals surface area contributed by atoms with Crippen molar-refractivity contribution in [2.24, 2.45) is 5.92 Å². The van der Waals surface area contributed by atoms with Crippen LogP contribution < -0.4 is 20.7 Å². The second-order valence-electron chi connectivity index (χ2n) is 11.9. The van der Waals surface area contributed by atoms with Crippen LogP contribution >= 0.6 is 23.2 Å². The first-order valence-electron chi connectivity index (χ1n) is 15.6. The van der Waals surface area contributed by atoms with Gasteiger partial charge in [-0.25, -0.2) is 9.37 Å². The smallest absolute Gasteiger partial charge is 0.220 e. The van der Waals surface area contributed by atoms with Gasteiger partial charge in [-0.15, -0.1) is 0 Å². The fraction of sp³-hybridized carbons (Fsp3) is 0.343. The maximum Gasteiger partial charge on any atom is 0.220 e. The third kappa shape index (κ3) is 7.52. The number of amides is 1. The second kappa shape index (κ2) is 15.0. The maximum atomic E-state index is 15.5. The predicted octanol–water partition coefficient (Wildman–Crippen LogP) is 6.46. The van der Waals surface area contributed by atoms with Gasteiger partial charge in [0.15, 0.2) is 11.6 Å². The lowest BCUT2D eigenvalue weighted by Gasteiger charge is -2.38. The van der Waals surface area contributed by atoms with Gasteiger partial charge in [0.05, 0.1) is 35.1 Å². The van der Waals surface area contributed by atoms with Gasteiger partial charge in [-0.2, -0.15) is 0 Å². The standard InChI is InChI=1S/C35H37Cl2FN6O3/c1-46-20-21-17-44(18-21)19-24-10-12-41-35(33(24)38)43-28-5-3-4-26(31(28)36)27-11-13-40-34(32(27)37)22-6-7-23(29(14-22)47-2)15-39-16-25-8-9-30(45)42-25/h3-7,10-14,21,25,39H,8-9,15-20H2,1-2H3,(H,41,43)(H,42,45)/t25-/m0/s1. The summed E-state index contributed by atoms with van der Waals surface area (Å²) in [5, 5.41) is 10.3. The van der Waals surface area contributed by atoms with Crippen molar-refractivity contribution < 1.29 is 18.7 Å². The van der Waals surface area contributed by atoms with Crippen molar-refractivity contribution in [2.45, 2.75) is 32.0 Å². The number of hydrogen-bond acceptors (Lipinski definition) is 8. The molecular formula is C35H37Cl2FN6O3. The molecule has 2 fully saturated rings. The number of nitrogens with zero attached hydrogens (tertiary/aromatic N) is 3. The summed E-state index contributed by atoms with van der Waals surface area (Å²) in [4.78, 5) is 22.5. The Balaban J connectivity index is 1.19. The molecule has 1 amide bonds. The van der Waals surface area contributed by atoms with E-state index in [-0.39, 0.29) is 17.8 Å². The van der Waals surface area contributed by atoms with Crippen LogP contribution in [0, 0.1) is 11.7 Å². The maximum absolute atomic E-state index is 15.5. The van der Waals surface area contributed by atoms with Gasteiger partial charge in [-0.3, -0.25) is 14.7 Å². The van der Waals surface area contributed by atoms with Crippen LogP contribution in [0.4, 0.5) is 15.9 Å². The first kappa shape index (κ1) is 33.1. The molecule has 0 radical (unpaired) electrons. The lowest BCUT2D eigenvalue weighted by atomic mass is 10.0. The van der Waals surface area contributed by atoms with Gasteiger partial charge >= 0.3 is 0 Å². The predicted molar refractivity (Wildman–Crippen MR) is 183 cm³/mol. The van der Waals surface area contributed by atoms with Crippen molar-refractivity contribution in [3.05, 3.63) is 87.9 Å². The van der Waals surface area contributed by atoms with Crippen molar-refractivity contribution in [3.63, 3.8) is 0 Å². The SMILES string of the molecule is COCC1CN(Cc2ccnc(Nc3cccc(-c4ccnc(-c5ccc(CNC[C@@H]6CCC(=O)N6)c(OC)c5)c4Cl)c3Cl)c2F)C1. The molecule has 246 valence electrons. The van der Waals surface area contributed by atoms with E-state index in [9.17, 15) is 4.79 Å². The van der Waals surface area contributed by atoms with E-state index in [1.165, 1.54) is 0 Å². The minimum absolute atomic E-state index is 0.0976. The first-order valence-corrected chi connectivity index (χ1v) is 16.3. The molecule has 2 aromatic carbocycles. The zero-order chi connectivity index (χ0) is 32.9. The molecule has 2 aromatic heterocycles. The Hall–Kier alpha value is -3.80. The van der Waals surface area contributed by atoms with E-state index in [1.54, 1.807) is 44.8 Å². The fourth-order valence-corrected chi connectivity index (χ4v) is 6.75. The zero-order valence-electron chi connectivity index (χ0n) is 26.3. The monoisotopic (exact) mass is 678 g/mol. The van der Waals surface area contributed by atoms with E-state index in [1.807, 2.05) is 30.3 Å². The normalized spacial score (nSPS) is 16.6. The number of rotatable bonds is 13. The lowest BCUT2D eigenvalue weighted by Crippen LogP contribution is -2.47. The molecule has 6 rings (SSSR count). The number of anilines is 2. The van der Waals surface area contributed by atoms with Crippen LogP contribution in [-0.2, 0) is 22.6 Å². The van der Waals surface area contributed by atoms with E-state index >= 15 is 4.39 Å². The number of halogens is 3. The minimum atomic E-state index is -0.411. The van der Waals surface area contributed by atoms with Crippen LogP contribution in [0.25, 0.3) is 22.4 Å². The molecule has 47 heavy (non-hydrogen) atoms. The molecule has 1 atom stereocenters. The van der Waals surface area contributed by atoms with Crippen LogP contribution in [0.15, 0.2) is 60.9 Å². The van der Waals surface area contributed by atoms with Crippen LogP contribution in [0.1, 0.15) is 24.0 Å². The average molecular weight is 680 g/mol. The minimum Gasteiger partial charge on any atom is -0.496 e. The molecule has 4 aromatic rings. The number of carbonyl (C=O) groups is 1. The fourth-order valence-electron chi connectivity index (χ4n) is 6.15. The van der Waals surface area contributed by atoms with E-state index in [2.05, 4.69) is 30.8 Å². The summed E-state index contributed by atoms with van der Waals surface area (Å²) in [6.07, 6.45) is 4.69. The van der Waals surface area contributed by atoms with E-state index in [0.717, 1.165) is 30.6 Å². The summed E-state index contributed by atoms with van der Waals surface area (Å²) < 4.78 is 26.5. The highest BCUT2D eigenvalue weighted by Crippen LogP contribution is 2.42. The molecule has 2 saturated heterocycles. The third-order valence-electron chi connectivity index (χ3n) is 8.58. The average Bonchev–Trinajstić information content (AvgIpc) is 3.47. The number of ether oxygens (including phenoxy) is 2. The quantitative estimate of drug-likeness (QED) is 0.148. The van der Waals surface area contributed by atoms with Crippen LogP contribution in [-0.4, -0.2) is 67.3 Å². The van der Waals surface area contributed by atoms with Gasteiger partial charge in [0, 0.05) is 98.4 Å². The van der Waals surface area contributed by atoms with Crippen LogP contribution in [0.2, 0.25) is 10.0 Å². The third-order valence-corrected chi connectivity index (χ3v) is 9.37. The van der Waals surface area contributed by atoms with Gasteiger partial charge in [0.25, 0.3) is 0 Å². The number of benzene rings is 2. The van der Waals surface area contributed by atoms with E-state index in [4.69, 9.17) is 32.7 Å². The number of aromatic nitrogens is 2. The summed E-state index contributed by atoms with van der Waals surface area (Å²) in [6, 6.07) is 15.0. The highest BCUT2D eigenvalue weighted by atomic mass is 35.5. The number of carbonyl (C=O) groups excluding carboxylic acids is 1. The Morgan fingerprint density at radius 2 is 1.83 bits per heavy atom. The number of hydrogen-bond donors (Lipinski definition) is 3. The Kier molecular flexibility index (Phi) is 10.5. The molecule has 4 heterocycles. The van der Waals surface area contributed by atoms with Gasteiger partial charge in [-0.05, 0) is 30.7 Å². The highest BCUT2D eigenvalue weighted by molar-refractivity contribution is 6.39. The van der Waals surface area contributed by atoms with Gasteiger partial charge in [-0.1, -0.05) is 47.5 Å². The van der Waals surface area contributed by atoms with Crippen molar-refractivity contribution in [2.75, 3.05) is 45.8 Å². The summed E-state index contributed by atoms with van der Waals surface area (Å²) in [7, 11) is 3.32. The van der Waals surface area contributed by atoms with Gasteiger partial charge < -0.3 is 25.4 Å². The largest absolute Gasteiger partial charge is 0.496 e. The van der Waals surface area contributed by atoms with E-state index < -0.39 is 5.82 Å². The summed E-state index contributed by atoms with van der Waals surface area (Å²) >= 11 is 13.9. The van der Waals surface area contributed by atoms with Crippen LogP contribution in [0.3, 0.4) is 0 Å². The topological polar surface area (TPSA) is 101 Å². The summed E-state index contributed by atoms with van der Waals surface area (Å²) in [5.41, 5.74) is 4.74. The van der Waals surface area contributed by atoms with Crippen molar-refractivity contribution in [1.82, 2.24) is 25.5 Å². The van der Waals surface area contributed by atoms with Gasteiger partial charge in [0.1, 0.15) is 5.75 Å². The second-order valence-corrected chi connectivity index (χ2v) is 12.7. The van der Waals surface area contributed by atoms with Gasteiger partial charge in [0.2, 0.25) is 5.91 Å². The molecule has 2 aliphatic rings. The van der Waals surface area contributed by atoms with Crippen molar-refractivity contribution in [3.8, 4) is 28.1 Å². The molecule has 9 nitrogen and oxygen atoms in total. The Labute approximate surface area is 283 Å². The lowest BCUT2D eigenvalue weighted by molar-refractivity contribution is -0.119. The van der Waals surface area contributed by atoms with Crippen LogP contribution in [0.5, 0.6) is 5.75 Å². The number of methoxy groups -OCH3 is 2. The van der Waals surface area contributed by atoms with Crippen molar-refractivity contribution >= 4 is 40.6 Å². The van der Waals surface area contributed by atoms with E-state index in [0.29, 0.717) is 82.4 Å². The Morgan fingerprint density at radius 3 is 2.60 bits per heavy atom. The summed E-state index contributed by atoms with van der Waals surface area (Å²) in [6.45, 7) is 4.22. The Morgan fingerprint density at radius 1 is 1.02 bits per heavy atom. The Bertz CT molecular complexity index is 1750. The number of pyridine rings is 2. The molecule has 0 bridgehead atoms. The molecule has 3 N–H and O–H groups in total. The molecule has 12 heteroatoms. The molecule has 0 unspecified atom stereocenters. The summed E-state index contributed by atoms with van der Waals surface area (Å²) in [5.74, 6) is 0.962. The molecular weight excluding hydrogens is 642 g/mol. The molecule has 0 aliphatic carbocycles. The highest BCUT2D eigenvalue weighted by Gasteiger charge is 2.27. The van der Waals surface area contributed by atoms with Crippen molar-refractivity contribution in [1.29, 1.82) is 0 Å².